The van der Waals surface area contributed by atoms with Crippen molar-refractivity contribution < 1.29 is 9.53 Å². The number of rotatable bonds is 6. The summed E-state index contributed by atoms with van der Waals surface area (Å²) in [5.41, 5.74) is 0.794. The Bertz CT molecular complexity index is 589. The molecule has 0 radical (unpaired) electrons. The molecule has 1 aromatic carbocycles. The average molecular weight is 527 g/mol. The first-order valence-corrected chi connectivity index (χ1v) is 8.70. The first kappa shape index (κ1) is 24.0. The minimum Gasteiger partial charge on any atom is -0.496 e. The maximum Gasteiger partial charge on any atom is 0.239 e. The van der Waals surface area contributed by atoms with Crippen LogP contribution in [-0.2, 0) is 11.3 Å². The molecule has 0 heterocycles. The summed E-state index contributed by atoms with van der Waals surface area (Å²) < 4.78 is 6.11. The van der Waals surface area contributed by atoms with Gasteiger partial charge in [0.1, 0.15) is 5.75 Å². The second-order valence-corrected chi connectivity index (χ2v) is 7.17. The van der Waals surface area contributed by atoms with Crippen LogP contribution in [0.15, 0.2) is 27.7 Å². The van der Waals surface area contributed by atoms with E-state index in [0.717, 1.165) is 22.3 Å². The number of hydrogen-bond donors (Lipinski definition) is 3. The molecule has 1 aromatic rings. The first-order valence-electron chi connectivity index (χ1n) is 7.90. The van der Waals surface area contributed by atoms with E-state index in [1.165, 1.54) is 0 Å². The van der Waals surface area contributed by atoms with Gasteiger partial charge in [0.25, 0.3) is 0 Å². The predicted octanol–water partition coefficient (Wildman–Crippen LogP) is 3.05. The maximum atomic E-state index is 11.9. The van der Waals surface area contributed by atoms with Gasteiger partial charge in [-0.25, -0.2) is 4.99 Å². The number of hydrogen-bond acceptors (Lipinski definition) is 3. The number of benzene rings is 1. The number of ether oxygens (including phenoxy) is 1. The van der Waals surface area contributed by atoms with E-state index in [0.29, 0.717) is 12.5 Å². The summed E-state index contributed by atoms with van der Waals surface area (Å²) in [7, 11) is 1.63. The van der Waals surface area contributed by atoms with Gasteiger partial charge in [-0.1, -0.05) is 6.07 Å². The molecule has 25 heavy (non-hydrogen) atoms. The van der Waals surface area contributed by atoms with Crippen LogP contribution >= 0.6 is 39.9 Å². The summed E-state index contributed by atoms with van der Waals surface area (Å²) >= 11 is 3.47. The fourth-order valence-corrected chi connectivity index (χ4v) is 2.53. The molecular weight excluding hydrogens is 499 g/mol. The maximum absolute atomic E-state index is 11.9. The van der Waals surface area contributed by atoms with Gasteiger partial charge in [0.2, 0.25) is 5.91 Å². The largest absolute Gasteiger partial charge is 0.496 e. The Morgan fingerprint density at radius 3 is 2.48 bits per heavy atom. The number of guanidine groups is 1. The van der Waals surface area contributed by atoms with Crippen LogP contribution < -0.4 is 20.7 Å². The van der Waals surface area contributed by atoms with Crippen LogP contribution in [0.4, 0.5) is 0 Å². The van der Waals surface area contributed by atoms with Crippen LogP contribution in [0, 0.1) is 0 Å². The lowest BCUT2D eigenvalue weighted by molar-refractivity contribution is -0.121. The summed E-state index contributed by atoms with van der Waals surface area (Å²) in [4.78, 5) is 16.4. The summed E-state index contributed by atoms with van der Waals surface area (Å²) in [6.45, 7) is 9.23. The molecule has 1 rings (SSSR count). The Kier molecular flexibility index (Phi) is 11.1. The SMILES string of the molecule is CCNC(=NCc1ccc(OC)c(Br)c1)NCC(=O)NC(C)(C)C.I. The van der Waals surface area contributed by atoms with Crippen LogP contribution in [0.25, 0.3) is 0 Å². The quantitative estimate of drug-likeness (QED) is 0.302. The third-order valence-electron chi connectivity index (χ3n) is 2.91. The molecular formula is C17H28BrIN4O2. The molecule has 8 heteroatoms. The first-order chi connectivity index (χ1) is 11.2. The number of nitrogens with zero attached hydrogens (tertiary/aromatic N) is 1. The van der Waals surface area contributed by atoms with Crippen molar-refractivity contribution in [1.82, 2.24) is 16.0 Å². The van der Waals surface area contributed by atoms with Gasteiger partial charge in [0.05, 0.1) is 24.7 Å². The molecule has 142 valence electrons. The van der Waals surface area contributed by atoms with Crippen LogP contribution in [0.3, 0.4) is 0 Å². The number of amides is 1. The molecule has 0 unspecified atom stereocenters. The van der Waals surface area contributed by atoms with Crippen molar-refractivity contribution in [2.24, 2.45) is 4.99 Å². The third kappa shape index (κ3) is 9.88. The van der Waals surface area contributed by atoms with Crippen LogP contribution in [0.2, 0.25) is 0 Å². The van der Waals surface area contributed by atoms with Crippen LogP contribution in [0.1, 0.15) is 33.3 Å². The van der Waals surface area contributed by atoms with Gasteiger partial charge in [-0.05, 0) is 61.3 Å². The highest BCUT2D eigenvalue weighted by Gasteiger charge is 2.13. The molecule has 0 aliphatic heterocycles. The van der Waals surface area contributed by atoms with Gasteiger partial charge in [-0.2, -0.15) is 0 Å². The highest BCUT2D eigenvalue weighted by atomic mass is 127. The Hall–Kier alpha value is -1.03. The number of carbonyl (C=O) groups is 1. The van der Waals surface area contributed by atoms with Crippen molar-refractivity contribution in [3.05, 3.63) is 28.2 Å². The lowest BCUT2D eigenvalue weighted by Crippen LogP contribution is -2.48. The van der Waals surface area contributed by atoms with E-state index >= 15 is 0 Å². The monoisotopic (exact) mass is 526 g/mol. The third-order valence-corrected chi connectivity index (χ3v) is 3.53. The number of methoxy groups -OCH3 is 1. The van der Waals surface area contributed by atoms with Crippen LogP contribution in [0.5, 0.6) is 5.75 Å². The predicted molar refractivity (Wildman–Crippen MR) is 117 cm³/mol. The summed E-state index contributed by atoms with van der Waals surface area (Å²) in [6.07, 6.45) is 0. The van der Waals surface area contributed by atoms with Gasteiger partial charge in [-0.15, -0.1) is 24.0 Å². The fourth-order valence-electron chi connectivity index (χ4n) is 1.95. The van der Waals surface area contributed by atoms with Crippen molar-refractivity contribution in [3.8, 4) is 5.75 Å². The Morgan fingerprint density at radius 2 is 1.96 bits per heavy atom. The Labute approximate surface area is 175 Å². The van der Waals surface area contributed by atoms with E-state index in [4.69, 9.17) is 4.74 Å². The van der Waals surface area contributed by atoms with Crippen molar-refractivity contribution in [2.45, 2.75) is 39.8 Å². The topological polar surface area (TPSA) is 74.8 Å². The molecule has 3 N–H and O–H groups in total. The standard InChI is InChI=1S/C17H27BrN4O2.HI/c1-6-19-16(21-11-15(23)22-17(2,3)4)20-10-12-7-8-14(24-5)13(18)9-12;/h7-9H,6,10-11H2,1-5H3,(H,22,23)(H2,19,20,21);1H. The van der Waals surface area contributed by atoms with Crippen molar-refractivity contribution in [3.63, 3.8) is 0 Å². The van der Waals surface area contributed by atoms with E-state index in [1.54, 1.807) is 7.11 Å². The Morgan fingerprint density at radius 1 is 1.28 bits per heavy atom. The molecule has 0 atom stereocenters. The molecule has 0 saturated carbocycles. The van der Waals surface area contributed by atoms with E-state index in [2.05, 4.69) is 36.9 Å². The molecule has 0 aliphatic carbocycles. The normalized spacial score (nSPS) is 11.4. The summed E-state index contributed by atoms with van der Waals surface area (Å²) in [6, 6.07) is 5.83. The van der Waals surface area contributed by atoms with E-state index in [-0.39, 0.29) is 42.0 Å². The molecule has 0 aliphatic rings. The second-order valence-electron chi connectivity index (χ2n) is 6.32. The van der Waals surface area contributed by atoms with Crippen molar-refractivity contribution >= 4 is 51.8 Å². The van der Waals surface area contributed by atoms with Gasteiger partial charge >= 0.3 is 0 Å². The summed E-state index contributed by atoms with van der Waals surface area (Å²) in [5, 5.41) is 9.08. The average Bonchev–Trinajstić information content (AvgIpc) is 2.48. The number of aliphatic imine (C=N–C) groups is 1. The number of nitrogens with one attached hydrogen (secondary N) is 3. The van der Waals surface area contributed by atoms with Gasteiger partial charge in [0.15, 0.2) is 5.96 Å². The summed E-state index contributed by atoms with van der Waals surface area (Å²) in [5.74, 6) is 1.32. The molecule has 0 fully saturated rings. The van der Waals surface area contributed by atoms with Gasteiger partial charge in [-0.3, -0.25) is 4.79 Å². The van der Waals surface area contributed by atoms with Crippen molar-refractivity contribution in [2.75, 3.05) is 20.2 Å². The van der Waals surface area contributed by atoms with E-state index in [9.17, 15) is 4.79 Å². The molecule has 0 saturated heterocycles. The minimum atomic E-state index is -0.246. The molecule has 0 bridgehead atoms. The second kappa shape index (κ2) is 11.6. The zero-order valence-electron chi connectivity index (χ0n) is 15.4. The number of carbonyl (C=O) groups excluding carboxylic acids is 1. The molecule has 6 nitrogen and oxygen atoms in total. The fraction of sp³-hybridized carbons (Fsp3) is 0.529. The van der Waals surface area contributed by atoms with Gasteiger partial charge in [0, 0.05) is 12.1 Å². The van der Waals surface area contributed by atoms with Crippen molar-refractivity contribution in [1.29, 1.82) is 0 Å². The van der Waals surface area contributed by atoms with Gasteiger partial charge < -0.3 is 20.7 Å². The molecule has 0 aromatic heterocycles. The lowest BCUT2D eigenvalue weighted by Gasteiger charge is -2.21. The Balaban J connectivity index is 0.00000576. The zero-order valence-corrected chi connectivity index (χ0v) is 19.3. The molecule has 1 amide bonds. The smallest absolute Gasteiger partial charge is 0.239 e. The number of halogens is 2. The highest BCUT2D eigenvalue weighted by Crippen LogP contribution is 2.25. The van der Waals surface area contributed by atoms with E-state index in [1.807, 2.05) is 45.9 Å². The minimum absolute atomic E-state index is 0. The molecule has 0 spiro atoms. The van der Waals surface area contributed by atoms with E-state index < -0.39 is 0 Å². The highest BCUT2D eigenvalue weighted by molar-refractivity contribution is 14.0. The zero-order chi connectivity index (χ0) is 18.2. The van der Waals surface area contributed by atoms with Crippen LogP contribution in [-0.4, -0.2) is 37.6 Å². The lowest BCUT2D eigenvalue weighted by atomic mass is 10.1.